The summed E-state index contributed by atoms with van der Waals surface area (Å²) >= 11 is 0. The molecule has 1 atom stereocenters. The molecule has 1 unspecified atom stereocenters. The van der Waals surface area contributed by atoms with E-state index in [4.69, 9.17) is 0 Å². The van der Waals surface area contributed by atoms with Crippen molar-refractivity contribution in [3.05, 3.63) is 119 Å². The van der Waals surface area contributed by atoms with Crippen molar-refractivity contribution in [1.29, 1.82) is 0 Å². The van der Waals surface area contributed by atoms with Crippen LogP contribution in [0.15, 0.2) is 96.6 Å². The summed E-state index contributed by atoms with van der Waals surface area (Å²) in [5.41, 5.74) is 10.1. The van der Waals surface area contributed by atoms with Gasteiger partial charge in [-0.2, -0.15) is 0 Å². The monoisotopic (exact) mass is 436 g/mol. The minimum Gasteiger partial charge on any atom is -0.0845 e. The van der Waals surface area contributed by atoms with Gasteiger partial charge in [0.15, 0.2) is 0 Å². The first-order chi connectivity index (χ1) is 16.3. The molecule has 0 saturated heterocycles. The lowest BCUT2D eigenvalue weighted by Crippen LogP contribution is -2.31. The van der Waals surface area contributed by atoms with Gasteiger partial charge in [0.05, 0.1) is 5.41 Å². The van der Waals surface area contributed by atoms with Gasteiger partial charge in [0.1, 0.15) is 0 Å². The Morgan fingerprint density at radius 1 is 0.576 bits per heavy atom. The van der Waals surface area contributed by atoms with Gasteiger partial charge in [0.2, 0.25) is 0 Å². The maximum Gasteiger partial charge on any atom is 0.0688 e. The Hall–Kier alpha value is -2.86. The molecule has 0 N–H and O–H groups in total. The quantitative estimate of drug-likeness (QED) is 0.329. The van der Waals surface area contributed by atoms with Gasteiger partial charge < -0.3 is 0 Å². The summed E-state index contributed by atoms with van der Waals surface area (Å²) < 4.78 is 0. The highest BCUT2D eigenvalue weighted by atomic mass is 14.6. The second-order valence-electron chi connectivity index (χ2n) is 8.27. The Balaban J connectivity index is 0.000000475. The average Bonchev–Trinajstić information content (AvgIpc) is 3.21. The lowest BCUT2D eigenvalue weighted by atomic mass is 9.66. The van der Waals surface area contributed by atoms with E-state index in [0.717, 1.165) is 6.42 Å². The minimum absolute atomic E-state index is 0.0741. The van der Waals surface area contributed by atoms with Crippen molar-refractivity contribution in [2.45, 2.75) is 72.1 Å². The molecule has 3 aliphatic rings. The molecule has 33 heavy (non-hydrogen) atoms. The van der Waals surface area contributed by atoms with Crippen LogP contribution < -0.4 is 0 Å². The summed E-state index contributed by atoms with van der Waals surface area (Å²) in [7, 11) is 0. The number of fused-ring (bicyclic) bond motifs is 10. The highest BCUT2D eigenvalue weighted by Crippen LogP contribution is 2.66. The summed E-state index contributed by atoms with van der Waals surface area (Å²) in [6.07, 6.45) is 9.34. The van der Waals surface area contributed by atoms with E-state index < -0.39 is 0 Å². The first-order valence-corrected chi connectivity index (χ1v) is 12.9. The van der Waals surface area contributed by atoms with Crippen molar-refractivity contribution >= 4 is 0 Å². The van der Waals surface area contributed by atoms with Crippen molar-refractivity contribution in [2.24, 2.45) is 0 Å². The van der Waals surface area contributed by atoms with Gasteiger partial charge in [0, 0.05) is 5.41 Å². The topological polar surface area (TPSA) is 0 Å². The smallest absolute Gasteiger partial charge is 0.0688 e. The molecule has 0 heterocycles. The van der Waals surface area contributed by atoms with Crippen molar-refractivity contribution in [2.75, 3.05) is 0 Å². The molecule has 3 aromatic rings. The lowest BCUT2D eigenvalue weighted by Gasteiger charge is -2.35. The molecular formula is C33H40. The SMILES string of the molecule is CC.CC.CC.CC12CCC=CC=C1C1(c3ccccc3-c3ccccc31)c1ccccc12. The fraction of sp³-hybridized carbons (Fsp3) is 0.333. The zero-order chi connectivity index (χ0) is 24.1. The van der Waals surface area contributed by atoms with Crippen molar-refractivity contribution in [1.82, 2.24) is 0 Å². The third-order valence-electron chi connectivity index (χ3n) is 7.09. The van der Waals surface area contributed by atoms with Gasteiger partial charge in [-0.05, 0) is 51.8 Å². The third kappa shape index (κ3) is 3.43. The van der Waals surface area contributed by atoms with E-state index in [1.54, 1.807) is 5.57 Å². The normalized spacial score (nSPS) is 19.5. The van der Waals surface area contributed by atoms with Crippen LogP contribution in [0.5, 0.6) is 0 Å². The van der Waals surface area contributed by atoms with Crippen LogP contribution in [0.25, 0.3) is 11.1 Å². The fourth-order valence-electron chi connectivity index (χ4n) is 6.02. The zero-order valence-corrected chi connectivity index (χ0v) is 21.6. The second-order valence-corrected chi connectivity index (χ2v) is 8.27. The van der Waals surface area contributed by atoms with Crippen LogP contribution in [-0.2, 0) is 10.8 Å². The van der Waals surface area contributed by atoms with Crippen molar-refractivity contribution < 1.29 is 0 Å². The molecule has 0 heteroatoms. The predicted molar refractivity (Wildman–Crippen MR) is 146 cm³/mol. The van der Waals surface area contributed by atoms with Crippen LogP contribution >= 0.6 is 0 Å². The molecule has 1 spiro atoms. The van der Waals surface area contributed by atoms with E-state index >= 15 is 0 Å². The largest absolute Gasteiger partial charge is 0.0845 e. The minimum atomic E-state index is -0.160. The molecule has 3 aromatic carbocycles. The van der Waals surface area contributed by atoms with Crippen LogP contribution in [-0.4, -0.2) is 0 Å². The van der Waals surface area contributed by atoms with E-state index in [1.165, 1.54) is 39.8 Å². The molecule has 0 aliphatic heterocycles. The first kappa shape index (κ1) is 24.8. The maximum atomic E-state index is 2.46. The van der Waals surface area contributed by atoms with E-state index in [2.05, 4.69) is 97.9 Å². The Morgan fingerprint density at radius 2 is 1.03 bits per heavy atom. The van der Waals surface area contributed by atoms with E-state index in [1.807, 2.05) is 41.5 Å². The molecule has 172 valence electrons. The molecule has 0 nitrogen and oxygen atoms in total. The Kier molecular flexibility index (Phi) is 7.80. The standard InChI is InChI=1S/C27H22.3C2H6/c1-26-18-10-2-3-17-25(26)27(24-16-9-8-15-23(24)26)21-13-6-4-11-19(21)20-12-5-7-14-22(20)27;3*1-2/h2-9,11-17H,10,18H2,1H3;3*1-2H3. The summed E-state index contributed by atoms with van der Waals surface area (Å²) in [5.74, 6) is 0. The Labute approximate surface area is 202 Å². The Morgan fingerprint density at radius 3 is 1.58 bits per heavy atom. The molecule has 3 aliphatic carbocycles. The van der Waals surface area contributed by atoms with Gasteiger partial charge in [-0.3, -0.25) is 0 Å². The summed E-state index contributed by atoms with van der Waals surface area (Å²) in [4.78, 5) is 0. The lowest BCUT2D eigenvalue weighted by molar-refractivity contribution is 0.508. The van der Waals surface area contributed by atoms with E-state index in [9.17, 15) is 0 Å². The highest BCUT2D eigenvalue weighted by Gasteiger charge is 2.58. The van der Waals surface area contributed by atoms with Crippen molar-refractivity contribution in [3.63, 3.8) is 0 Å². The van der Waals surface area contributed by atoms with Crippen LogP contribution in [0.4, 0.5) is 0 Å². The van der Waals surface area contributed by atoms with Gasteiger partial charge in [-0.1, -0.05) is 139 Å². The second kappa shape index (κ2) is 10.4. The number of allylic oxidation sites excluding steroid dienone is 4. The van der Waals surface area contributed by atoms with Crippen molar-refractivity contribution in [3.8, 4) is 11.1 Å². The summed E-state index contributed by atoms with van der Waals surface area (Å²) in [6.45, 7) is 14.5. The third-order valence-corrected chi connectivity index (χ3v) is 7.09. The number of hydrogen-bond acceptors (Lipinski definition) is 0. The number of benzene rings is 3. The first-order valence-electron chi connectivity index (χ1n) is 12.9. The van der Waals surface area contributed by atoms with Gasteiger partial charge in [-0.15, -0.1) is 0 Å². The Bertz CT molecular complexity index is 1100. The molecule has 0 radical (unpaired) electrons. The van der Waals surface area contributed by atoms with Crippen LogP contribution in [0.3, 0.4) is 0 Å². The van der Waals surface area contributed by atoms with E-state index in [-0.39, 0.29) is 10.8 Å². The molecule has 0 saturated carbocycles. The van der Waals surface area contributed by atoms with Crippen LogP contribution in [0.2, 0.25) is 0 Å². The maximum absolute atomic E-state index is 2.46. The number of rotatable bonds is 0. The summed E-state index contributed by atoms with van der Waals surface area (Å²) in [5, 5.41) is 0. The molecule has 0 aromatic heterocycles. The van der Waals surface area contributed by atoms with Gasteiger partial charge in [-0.25, -0.2) is 0 Å². The molecule has 0 fully saturated rings. The predicted octanol–water partition coefficient (Wildman–Crippen LogP) is 9.63. The average molecular weight is 437 g/mol. The van der Waals surface area contributed by atoms with Gasteiger partial charge >= 0.3 is 0 Å². The summed E-state index contributed by atoms with van der Waals surface area (Å²) in [6, 6.07) is 27.2. The zero-order valence-electron chi connectivity index (χ0n) is 21.6. The fourth-order valence-corrected chi connectivity index (χ4v) is 6.02. The molecular weight excluding hydrogens is 396 g/mol. The van der Waals surface area contributed by atoms with Crippen LogP contribution in [0.1, 0.15) is 83.6 Å². The van der Waals surface area contributed by atoms with Gasteiger partial charge in [0.25, 0.3) is 0 Å². The number of hydrogen-bond donors (Lipinski definition) is 0. The molecule has 6 rings (SSSR count). The van der Waals surface area contributed by atoms with E-state index in [0.29, 0.717) is 0 Å². The molecule has 0 bridgehead atoms. The highest BCUT2D eigenvalue weighted by molar-refractivity contribution is 5.89. The van der Waals surface area contributed by atoms with Crippen LogP contribution in [0, 0.1) is 0 Å². The molecule has 0 amide bonds.